The first-order valence-electron chi connectivity index (χ1n) is 7.16. The summed E-state index contributed by atoms with van der Waals surface area (Å²) in [6.07, 6.45) is 1.60. The minimum absolute atomic E-state index is 0.0365. The van der Waals surface area contributed by atoms with Gasteiger partial charge in [0.05, 0.1) is 5.02 Å². The number of aromatic nitrogens is 1. The molecule has 1 heterocycles. The van der Waals surface area contributed by atoms with E-state index in [2.05, 4.69) is 4.98 Å². The number of ether oxygens (including phenoxy) is 2. The molecule has 1 aromatic heterocycles. The molecule has 0 fully saturated rings. The molecule has 0 unspecified atom stereocenters. The summed E-state index contributed by atoms with van der Waals surface area (Å²) in [5.41, 5.74) is 0.830. The Labute approximate surface area is 152 Å². The van der Waals surface area contributed by atoms with Crippen LogP contribution in [0.4, 0.5) is 8.78 Å². The minimum atomic E-state index is -0.724. The molecule has 0 amide bonds. The molecule has 0 saturated heterocycles. The highest BCUT2D eigenvalue weighted by Gasteiger charge is 2.07. The number of pyridine rings is 1. The lowest BCUT2D eigenvalue weighted by atomic mass is 10.3. The smallest absolute Gasteiger partial charge is 0.138 e. The van der Waals surface area contributed by atoms with E-state index in [4.69, 9.17) is 32.7 Å². The van der Waals surface area contributed by atoms with Crippen LogP contribution in [0.15, 0.2) is 54.7 Å². The van der Waals surface area contributed by atoms with E-state index in [1.165, 1.54) is 6.07 Å². The van der Waals surface area contributed by atoms with Gasteiger partial charge in [0, 0.05) is 36.0 Å². The van der Waals surface area contributed by atoms with Gasteiger partial charge in [0.15, 0.2) is 0 Å². The van der Waals surface area contributed by atoms with E-state index in [-0.39, 0.29) is 12.4 Å². The number of benzene rings is 2. The first kappa shape index (κ1) is 17.5. The van der Waals surface area contributed by atoms with Crippen LogP contribution in [-0.4, -0.2) is 4.98 Å². The summed E-state index contributed by atoms with van der Waals surface area (Å²) in [5, 5.41) is 0.702. The highest BCUT2D eigenvalue weighted by molar-refractivity contribution is 6.32. The van der Waals surface area contributed by atoms with Gasteiger partial charge < -0.3 is 9.47 Å². The van der Waals surface area contributed by atoms with Crippen molar-refractivity contribution < 1.29 is 18.3 Å². The van der Waals surface area contributed by atoms with Gasteiger partial charge >= 0.3 is 0 Å². The quantitative estimate of drug-likeness (QED) is 0.505. The fraction of sp³-hybridized carbons (Fsp3) is 0.0556. The Bertz CT molecular complexity index is 868. The molecule has 0 atom stereocenters. The molecule has 128 valence electrons. The van der Waals surface area contributed by atoms with Crippen molar-refractivity contribution in [1.29, 1.82) is 0 Å². The average Bonchev–Trinajstić information content (AvgIpc) is 2.55. The Morgan fingerprint density at radius 1 is 0.880 bits per heavy atom. The van der Waals surface area contributed by atoms with E-state index in [0.717, 1.165) is 23.8 Å². The normalized spacial score (nSPS) is 10.6. The zero-order valence-electron chi connectivity index (χ0n) is 12.7. The van der Waals surface area contributed by atoms with Crippen molar-refractivity contribution in [2.24, 2.45) is 0 Å². The Hall–Kier alpha value is -2.37. The van der Waals surface area contributed by atoms with E-state index < -0.39 is 11.6 Å². The highest BCUT2D eigenvalue weighted by Crippen LogP contribution is 2.32. The molecular formula is C18H11Cl2F2NO2. The second-order valence-electron chi connectivity index (χ2n) is 5.08. The lowest BCUT2D eigenvalue weighted by Crippen LogP contribution is -1.97. The lowest BCUT2D eigenvalue weighted by molar-refractivity contribution is 0.305. The van der Waals surface area contributed by atoms with E-state index in [1.54, 1.807) is 30.5 Å². The topological polar surface area (TPSA) is 31.4 Å². The Morgan fingerprint density at radius 3 is 2.28 bits per heavy atom. The van der Waals surface area contributed by atoms with E-state index in [0.29, 0.717) is 21.7 Å². The Morgan fingerprint density at radius 2 is 1.64 bits per heavy atom. The van der Waals surface area contributed by atoms with Gasteiger partial charge in [-0.3, -0.25) is 0 Å². The summed E-state index contributed by atoms with van der Waals surface area (Å²) in [4.78, 5) is 3.96. The van der Waals surface area contributed by atoms with Gasteiger partial charge in [0.25, 0.3) is 0 Å². The fourth-order valence-corrected chi connectivity index (χ4v) is 2.38. The molecule has 0 aliphatic heterocycles. The van der Waals surface area contributed by atoms with Crippen molar-refractivity contribution in [2.45, 2.75) is 6.61 Å². The molecule has 25 heavy (non-hydrogen) atoms. The van der Waals surface area contributed by atoms with Crippen LogP contribution in [0.25, 0.3) is 0 Å². The molecule has 0 radical (unpaired) electrons. The molecule has 3 rings (SSSR count). The predicted octanol–water partition coefficient (Wildman–Crippen LogP) is 6.04. The molecule has 0 bridgehead atoms. The predicted molar refractivity (Wildman–Crippen MR) is 91.5 cm³/mol. The summed E-state index contributed by atoms with van der Waals surface area (Å²) in [7, 11) is 0. The van der Waals surface area contributed by atoms with Gasteiger partial charge in [0.2, 0.25) is 0 Å². The van der Waals surface area contributed by atoms with Crippen LogP contribution in [0.2, 0.25) is 10.2 Å². The summed E-state index contributed by atoms with van der Waals surface area (Å²) in [5.74, 6) is -0.644. The highest BCUT2D eigenvalue weighted by atomic mass is 35.5. The molecule has 0 aliphatic carbocycles. The monoisotopic (exact) mass is 381 g/mol. The van der Waals surface area contributed by atoms with Gasteiger partial charge in [-0.05, 0) is 18.2 Å². The fourth-order valence-electron chi connectivity index (χ4n) is 2.04. The molecule has 0 aliphatic rings. The molecular weight excluding hydrogens is 371 g/mol. The first-order chi connectivity index (χ1) is 12.0. The SMILES string of the molecule is Fc1cc(F)cc(Oc2ccc(OCc3ccc(Cl)nc3)c(Cl)c2)c1. The van der Waals surface area contributed by atoms with E-state index in [9.17, 15) is 8.78 Å². The van der Waals surface area contributed by atoms with Crippen LogP contribution in [0.3, 0.4) is 0 Å². The maximum absolute atomic E-state index is 13.2. The first-order valence-corrected chi connectivity index (χ1v) is 7.92. The van der Waals surface area contributed by atoms with Gasteiger partial charge in [-0.25, -0.2) is 13.8 Å². The number of rotatable bonds is 5. The van der Waals surface area contributed by atoms with Crippen LogP contribution in [0, 0.1) is 11.6 Å². The minimum Gasteiger partial charge on any atom is -0.487 e. The van der Waals surface area contributed by atoms with Gasteiger partial charge in [-0.15, -0.1) is 0 Å². The number of halogens is 4. The van der Waals surface area contributed by atoms with E-state index in [1.807, 2.05) is 0 Å². The second kappa shape index (κ2) is 7.68. The number of hydrogen-bond donors (Lipinski definition) is 0. The largest absolute Gasteiger partial charge is 0.487 e. The third-order valence-corrected chi connectivity index (χ3v) is 3.68. The molecule has 3 aromatic rings. The lowest BCUT2D eigenvalue weighted by Gasteiger charge is -2.11. The zero-order valence-corrected chi connectivity index (χ0v) is 14.2. The van der Waals surface area contributed by atoms with Crippen LogP contribution in [0.5, 0.6) is 17.2 Å². The molecule has 7 heteroatoms. The van der Waals surface area contributed by atoms with Crippen molar-refractivity contribution in [3.8, 4) is 17.2 Å². The van der Waals surface area contributed by atoms with Gasteiger partial charge in [0.1, 0.15) is 40.6 Å². The molecule has 2 aromatic carbocycles. The average molecular weight is 382 g/mol. The van der Waals surface area contributed by atoms with Crippen LogP contribution in [0.1, 0.15) is 5.56 Å². The zero-order chi connectivity index (χ0) is 17.8. The van der Waals surface area contributed by atoms with Crippen molar-refractivity contribution in [2.75, 3.05) is 0 Å². The van der Waals surface area contributed by atoms with E-state index >= 15 is 0 Å². The summed E-state index contributed by atoms with van der Waals surface area (Å²) >= 11 is 11.9. The van der Waals surface area contributed by atoms with Crippen molar-refractivity contribution >= 4 is 23.2 Å². The van der Waals surface area contributed by atoms with Crippen LogP contribution in [-0.2, 0) is 6.61 Å². The summed E-state index contributed by atoms with van der Waals surface area (Å²) in [6, 6.07) is 11.1. The molecule has 0 spiro atoms. The van der Waals surface area contributed by atoms with Gasteiger partial charge in [-0.2, -0.15) is 0 Å². The molecule has 0 N–H and O–H groups in total. The summed E-state index contributed by atoms with van der Waals surface area (Å²) in [6.45, 7) is 0.263. The van der Waals surface area contributed by atoms with Crippen molar-refractivity contribution in [3.05, 3.63) is 82.1 Å². The third-order valence-electron chi connectivity index (χ3n) is 3.16. The number of nitrogens with zero attached hydrogens (tertiary/aromatic N) is 1. The van der Waals surface area contributed by atoms with Crippen molar-refractivity contribution in [3.63, 3.8) is 0 Å². The van der Waals surface area contributed by atoms with Crippen molar-refractivity contribution in [1.82, 2.24) is 4.98 Å². The Balaban J connectivity index is 1.68. The summed E-state index contributed by atoms with van der Waals surface area (Å²) < 4.78 is 37.4. The standard InChI is InChI=1S/C18H11Cl2F2NO2/c19-16-8-14(25-15-6-12(21)5-13(22)7-15)2-3-17(16)24-10-11-1-4-18(20)23-9-11/h1-9H,10H2. The van der Waals surface area contributed by atoms with Gasteiger partial charge in [-0.1, -0.05) is 29.3 Å². The molecule has 0 saturated carbocycles. The van der Waals surface area contributed by atoms with Crippen LogP contribution >= 0.6 is 23.2 Å². The second-order valence-corrected chi connectivity index (χ2v) is 5.87. The number of hydrogen-bond acceptors (Lipinski definition) is 3. The van der Waals surface area contributed by atoms with Crippen LogP contribution < -0.4 is 9.47 Å². The molecule has 3 nitrogen and oxygen atoms in total. The maximum Gasteiger partial charge on any atom is 0.138 e. The third kappa shape index (κ3) is 4.81. The maximum atomic E-state index is 13.2. The Kier molecular flexibility index (Phi) is 5.36.